The number of halogens is 3. The molecular formula is C16H14F3N3OS. The molecule has 0 aliphatic heterocycles. The van der Waals surface area contributed by atoms with Crippen LogP contribution in [0.2, 0.25) is 0 Å². The Morgan fingerprint density at radius 2 is 1.92 bits per heavy atom. The minimum Gasteiger partial charge on any atom is -0.495 e. The summed E-state index contributed by atoms with van der Waals surface area (Å²) in [6.07, 6.45) is -4.54. The van der Waals surface area contributed by atoms with Crippen LogP contribution in [0.4, 0.5) is 18.9 Å². The molecule has 0 saturated heterocycles. The van der Waals surface area contributed by atoms with Crippen LogP contribution < -0.4 is 10.5 Å². The van der Waals surface area contributed by atoms with Crippen molar-refractivity contribution in [2.45, 2.75) is 17.2 Å². The Labute approximate surface area is 140 Å². The van der Waals surface area contributed by atoms with Gasteiger partial charge in [0.2, 0.25) is 0 Å². The summed E-state index contributed by atoms with van der Waals surface area (Å²) in [7, 11) is 1.49. The Kier molecular flexibility index (Phi) is 4.31. The molecule has 0 radical (unpaired) electrons. The van der Waals surface area contributed by atoms with E-state index in [2.05, 4.69) is 4.98 Å². The Morgan fingerprint density at radius 3 is 2.62 bits per heavy atom. The predicted octanol–water partition coefficient (Wildman–Crippen LogP) is 4.40. The fourth-order valence-electron chi connectivity index (χ4n) is 2.38. The van der Waals surface area contributed by atoms with Gasteiger partial charge in [0.05, 0.1) is 23.8 Å². The van der Waals surface area contributed by atoms with Crippen molar-refractivity contribution >= 4 is 28.5 Å². The summed E-state index contributed by atoms with van der Waals surface area (Å²) in [6, 6.07) is 11.4. The number of hydrogen-bond acceptors (Lipinski definition) is 4. The van der Waals surface area contributed by atoms with Crippen LogP contribution in [-0.2, 0) is 12.1 Å². The molecule has 3 aromatic rings. The highest BCUT2D eigenvalue weighted by Crippen LogP contribution is 2.36. The molecule has 3 rings (SSSR count). The van der Waals surface area contributed by atoms with E-state index in [4.69, 9.17) is 10.5 Å². The molecule has 2 N–H and O–H groups in total. The quantitative estimate of drug-likeness (QED) is 0.558. The Hall–Kier alpha value is -2.35. The van der Waals surface area contributed by atoms with Crippen LogP contribution >= 0.6 is 11.8 Å². The zero-order chi connectivity index (χ0) is 17.3. The van der Waals surface area contributed by atoms with E-state index in [0.717, 1.165) is 11.8 Å². The van der Waals surface area contributed by atoms with Gasteiger partial charge in [-0.15, -0.1) is 13.2 Å². The molecule has 0 aliphatic rings. The van der Waals surface area contributed by atoms with Gasteiger partial charge in [-0.25, -0.2) is 9.55 Å². The molecule has 1 heterocycles. The van der Waals surface area contributed by atoms with Gasteiger partial charge in [-0.2, -0.15) is 0 Å². The minimum absolute atomic E-state index is 0.0334. The van der Waals surface area contributed by atoms with Gasteiger partial charge in [-0.05, 0) is 23.8 Å². The van der Waals surface area contributed by atoms with Crippen LogP contribution in [-0.4, -0.2) is 16.7 Å². The normalized spacial score (nSPS) is 11.8. The number of alkyl halides is 3. The van der Waals surface area contributed by atoms with Crippen LogP contribution in [0.25, 0.3) is 11.0 Å². The van der Waals surface area contributed by atoms with E-state index in [1.165, 1.54) is 13.2 Å². The molecule has 24 heavy (non-hydrogen) atoms. The SMILES string of the molecule is COc1cccc(CSc2nc3ccccc3n2C(F)(F)F)c1N. The molecule has 0 fully saturated rings. The second kappa shape index (κ2) is 6.27. The third-order valence-corrected chi connectivity index (χ3v) is 4.50. The Bertz CT molecular complexity index is 877. The largest absolute Gasteiger partial charge is 0.495 e. The van der Waals surface area contributed by atoms with Gasteiger partial charge in [0.1, 0.15) is 5.75 Å². The highest BCUT2D eigenvalue weighted by molar-refractivity contribution is 7.98. The minimum atomic E-state index is -4.54. The first-order chi connectivity index (χ1) is 11.4. The van der Waals surface area contributed by atoms with Crippen LogP contribution in [0.15, 0.2) is 47.6 Å². The Balaban J connectivity index is 1.96. The summed E-state index contributed by atoms with van der Waals surface area (Å²) in [5, 5.41) is -0.120. The fraction of sp³-hybridized carbons (Fsp3) is 0.188. The van der Waals surface area contributed by atoms with Crippen molar-refractivity contribution in [2.75, 3.05) is 12.8 Å². The monoisotopic (exact) mass is 353 g/mol. The number of methoxy groups -OCH3 is 1. The first-order valence-electron chi connectivity index (χ1n) is 7.00. The van der Waals surface area contributed by atoms with Gasteiger partial charge in [0, 0.05) is 5.75 Å². The van der Waals surface area contributed by atoms with Gasteiger partial charge in [0.15, 0.2) is 5.16 Å². The van der Waals surface area contributed by atoms with E-state index in [0.29, 0.717) is 27.1 Å². The number of rotatable bonds is 4. The number of ether oxygens (including phenoxy) is 1. The summed E-state index contributed by atoms with van der Waals surface area (Å²) in [5.74, 6) is 0.750. The van der Waals surface area contributed by atoms with E-state index < -0.39 is 6.30 Å². The van der Waals surface area contributed by atoms with Crippen LogP contribution in [0, 0.1) is 0 Å². The molecule has 0 aliphatic carbocycles. The van der Waals surface area contributed by atoms with Gasteiger partial charge in [-0.1, -0.05) is 36.0 Å². The zero-order valence-corrected chi connectivity index (χ0v) is 13.5. The molecule has 0 spiro atoms. The van der Waals surface area contributed by atoms with Crippen molar-refractivity contribution in [3.63, 3.8) is 0 Å². The van der Waals surface area contributed by atoms with E-state index in [1.54, 1.807) is 36.4 Å². The molecule has 0 bridgehead atoms. The maximum Gasteiger partial charge on any atom is 0.491 e. The molecule has 0 amide bonds. The maximum atomic E-state index is 13.4. The summed E-state index contributed by atoms with van der Waals surface area (Å²) >= 11 is 0.982. The Morgan fingerprint density at radius 1 is 1.17 bits per heavy atom. The van der Waals surface area contributed by atoms with E-state index in [9.17, 15) is 13.2 Å². The molecule has 2 aromatic carbocycles. The molecule has 1 aromatic heterocycles. The zero-order valence-electron chi connectivity index (χ0n) is 12.7. The second-order valence-electron chi connectivity index (χ2n) is 5.01. The topological polar surface area (TPSA) is 53.1 Å². The number of anilines is 1. The molecule has 8 heteroatoms. The first kappa shape index (κ1) is 16.5. The number of aromatic nitrogens is 2. The average molecular weight is 353 g/mol. The third kappa shape index (κ3) is 3.01. The molecule has 0 unspecified atom stereocenters. The highest BCUT2D eigenvalue weighted by Gasteiger charge is 2.35. The number of benzene rings is 2. The number of nitrogen functional groups attached to an aromatic ring is 1. The second-order valence-corrected chi connectivity index (χ2v) is 5.95. The predicted molar refractivity (Wildman–Crippen MR) is 88.0 cm³/mol. The maximum absolute atomic E-state index is 13.4. The van der Waals surface area contributed by atoms with Gasteiger partial charge >= 0.3 is 6.30 Å². The van der Waals surface area contributed by atoms with Crippen molar-refractivity contribution in [1.29, 1.82) is 0 Å². The summed E-state index contributed by atoms with van der Waals surface area (Å²) in [6.45, 7) is 0. The lowest BCUT2D eigenvalue weighted by Gasteiger charge is -2.13. The molecule has 0 saturated carbocycles. The molecule has 0 atom stereocenters. The first-order valence-corrected chi connectivity index (χ1v) is 7.99. The van der Waals surface area contributed by atoms with Gasteiger partial charge in [-0.3, -0.25) is 0 Å². The van der Waals surface area contributed by atoms with E-state index >= 15 is 0 Å². The number of para-hydroxylation sites is 3. The van der Waals surface area contributed by atoms with Crippen molar-refractivity contribution in [3.05, 3.63) is 48.0 Å². The highest BCUT2D eigenvalue weighted by atomic mass is 32.2. The summed E-state index contributed by atoms with van der Waals surface area (Å²) in [4.78, 5) is 4.10. The number of nitrogens with zero attached hydrogens (tertiary/aromatic N) is 2. The lowest BCUT2D eigenvalue weighted by molar-refractivity contribution is -0.206. The van der Waals surface area contributed by atoms with Crippen molar-refractivity contribution in [1.82, 2.24) is 9.55 Å². The van der Waals surface area contributed by atoms with Crippen LogP contribution in [0.1, 0.15) is 5.56 Å². The molecule has 126 valence electrons. The van der Waals surface area contributed by atoms with E-state index in [1.807, 2.05) is 0 Å². The van der Waals surface area contributed by atoms with Gasteiger partial charge in [0.25, 0.3) is 0 Å². The number of imidazole rings is 1. The third-order valence-electron chi connectivity index (χ3n) is 3.52. The van der Waals surface area contributed by atoms with Crippen molar-refractivity contribution in [3.8, 4) is 5.75 Å². The number of thioether (sulfide) groups is 1. The van der Waals surface area contributed by atoms with Crippen molar-refractivity contribution < 1.29 is 17.9 Å². The summed E-state index contributed by atoms with van der Waals surface area (Å²) < 4.78 is 45.6. The smallest absolute Gasteiger partial charge is 0.491 e. The molecule has 4 nitrogen and oxygen atoms in total. The number of nitrogens with two attached hydrogens (primary N) is 1. The fourth-order valence-corrected chi connectivity index (χ4v) is 3.41. The van der Waals surface area contributed by atoms with Crippen molar-refractivity contribution in [2.24, 2.45) is 0 Å². The standard InChI is InChI=1S/C16H14F3N3OS/c1-23-13-8-4-5-10(14(13)20)9-24-15-21-11-6-2-3-7-12(11)22(15)16(17,18)19/h2-8H,9,20H2,1H3. The van der Waals surface area contributed by atoms with E-state index in [-0.39, 0.29) is 16.4 Å². The summed E-state index contributed by atoms with van der Waals surface area (Å²) in [5.41, 5.74) is 7.42. The van der Waals surface area contributed by atoms with Gasteiger partial charge < -0.3 is 10.5 Å². The molecular weight excluding hydrogens is 339 g/mol. The lowest BCUT2D eigenvalue weighted by Crippen LogP contribution is -2.17. The average Bonchev–Trinajstić information content (AvgIpc) is 2.92. The lowest BCUT2D eigenvalue weighted by atomic mass is 10.2. The number of fused-ring (bicyclic) bond motifs is 1. The van der Waals surface area contributed by atoms with Crippen LogP contribution in [0.5, 0.6) is 5.75 Å². The van der Waals surface area contributed by atoms with Crippen LogP contribution in [0.3, 0.4) is 0 Å². The number of hydrogen-bond donors (Lipinski definition) is 1.